The minimum atomic E-state index is -4.11. The Balaban J connectivity index is 1.51. The highest BCUT2D eigenvalue weighted by Crippen LogP contribution is 2.30. The van der Waals surface area contributed by atoms with Crippen molar-refractivity contribution in [3.8, 4) is 11.5 Å². The summed E-state index contributed by atoms with van der Waals surface area (Å²) in [6.45, 7) is 1.79. The summed E-state index contributed by atoms with van der Waals surface area (Å²) in [5, 5.41) is 4.06. The molecule has 10 heteroatoms. The largest absolute Gasteiger partial charge is 0.496 e. The Kier molecular flexibility index (Phi) is 9.57. The van der Waals surface area contributed by atoms with Crippen LogP contribution in [0.15, 0.2) is 112 Å². The molecule has 0 spiro atoms. The lowest BCUT2D eigenvalue weighted by atomic mass is 10.2. The van der Waals surface area contributed by atoms with Crippen molar-refractivity contribution in [2.24, 2.45) is 5.10 Å². The van der Waals surface area contributed by atoms with E-state index in [9.17, 15) is 13.2 Å². The molecule has 4 aromatic carbocycles. The summed E-state index contributed by atoms with van der Waals surface area (Å²) in [6.07, 6.45) is 1.46. The highest BCUT2D eigenvalue weighted by atomic mass is 79.9. The maximum Gasteiger partial charge on any atom is 0.264 e. The van der Waals surface area contributed by atoms with E-state index in [4.69, 9.17) is 9.47 Å². The molecule has 0 fully saturated rings. The second-order valence-electron chi connectivity index (χ2n) is 8.75. The predicted octanol–water partition coefficient (Wildman–Crippen LogP) is 5.69. The smallest absolute Gasteiger partial charge is 0.264 e. The van der Waals surface area contributed by atoms with Gasteiger partial charge >= 0.3 is 0 Å². The van der Waals surface area contributed by atoms with Crippen LogP contribution in [0, 0.1) is 6.92 Å². The van der Waals surface area contributed by atoms with Crippen LogP contribution in [0.4, 0.5) is 5.69 Å². The zero-order chi connectivity index (χ0) is 28.5. The zero-order valence-corrected chi connectivity index (χ0v) is 24.4. The first-order valence-corrected chi connectivity index (χ1v) is 14.5. The van der Waals surface area contributed by atoms with E-state index in [1.165, 1.54) is 25.5 Å². The Morgan fingerprint density at radius 3 is 2.35 bits per heavy atom. The lowest BCUT2D eigenvalue weighted by Crippen LogP contribution is -2.39. The number of nitrogens with one attached hydrogen (secondary N) is 1. The molecule has 0 bridgehead atoms. The van der Waals surface area contributed by atoms with Crippen molar-refractivity contribution in [3.63, 3.8) is 0 Å². The molecule has 1 amide bonds. The van der Waals surface area contributed by atoms with Crippen LogP contribution in [0.25, 0.3) is 0 Å². The molecule has 206 valence electrons. The van der Waals surface area contributed by atoms with Gasteiger partial charge in [-0.2, -0.15) is 5.10 Å². The van der Waals surface area contributed by atoms with Crippen LogP contribution in [-0.4, -0.2) is 34.2 Å². The predicted molar refractivity (Wildman–Crippen MR) is 159 cm³/mol. The van der Waals surface area contributed by atoms with Gasteiger partial charge in [-0.3, -0.25) is 9.10 Å². The van der Waals surface area contributed by atoms with E-state index < -0.39 is 22.5 Å². The van der Waals surface area contributed by atoms with E-state index in [0.29, 0.717) is 33.8 Å². The van der Waals surface area contributed by atoms with Crippen molar-refractivity contribution in [1.29, 1.82) is 0 Å². The summed E-state index contributed by atoms with van der Waals surface area (Å²) < 4.78 is 40.0. The minimum Gasteiger partial charge on any atom is -0.496 e. The number of amides is 1. The average Bonchev–Trinajstić information content (AvgIpc) is 2.96. The quantitative estimate of drug-likeness (QED) is 0.171. The van der Waals surface area contributed by atoms with E-state index in [2.05, 4.69) is 26.5 Å². The summed E-state index contributed by atoms with van der Waals surface area (Å²) in [6, 6.07) is 28.3. The van der Waals surface area contributed by atoms with Gasteiger partial charge in [0.1, 0.15) is 24.7 Å². The van der Waals surface area contributed by atoms with Crippen LogP contribution in [0.1, 0.15) is 16.7 Å². The number of carbonyl (C=O) groups excluding carboxylic acids is 1. The lowest BCUT2D eigenvalue weighted by Gasteiger charge is -2.24. The fourth-order valence-corrected chi connectivity index (χ4v) is 5.89. The number of benzene rings is 4. The summed E-state index contributed by atoms with van der Waals surface area (Å²) in [4.78, 5) is 12.9. The minimum absolute atomic E-state index is 0.00143. The summed E-state index contributed by atoms with van der Waals surface area (Å²) in [5.41, 5.74) is 5.41. The molecule has 4 aromatic rings. The first kappa shape index (κ1) is 28.8. The van der Waals surface area contributed by atoms with Gasteiger partial charge in [-0.15, -0.1) is 0 Å². The highest BCUT2D eigenvalue weighted by molar-refractivity contribution is 9.10. The summed E-state index contributed by atoms with van der Waals surface area (Å²) in [7, 11) is -2.62. The van der Waals surface area contributed by atoms with E-state index in [1.54, 1.807) is 36.4 Å². The SMILES string of the molecule is COc1ccc(S(=O)(=O)N(CC(=O)N/N=C\c2ccccc2OCc2ccccc2)c2ccc(C)cc2)cc1Br. The Hall–Kier alpha value is -4.15. The van der Waals surface area contributed by atoms with Crippen molar-refractivity contribution < 1.29 is 22.7 Å². The van der Waals surface area contributed by atoms with Gasteiger partial charge in [0.15, 0.2) is 0 Å². The number of methoxy groups -OCH3 is 1. The Labute approximate surface area is 242 Å². The molecule has 0 saturated carbocycles. The highest BCUT2D eigenvalue weighted by Gasteiger charge is 2.28. The number of anilines is 1. The Morgan fingerprint density at radius 2 is 1.65 bits per heavy atom. The van der Waals surface area contributed by atoms with Crippen molar-refractivity contribution in [1.82, 2.24) is 5.43 Å². The second kappa shape index (κ2) is 13.3. The maximum absolute atomic E-state index is 13.7. The van der Waals surface area contributed by atoms with Gasteiger partial charge in [0.25, 0.3) is 15.9 Å². The maximum atomic E-state index is 13.7. The molecule has 0 unspecified atom stereocenters. The van der Waals surface area contributed by atoms with Crippen molar-refractivity contribution in [2.45, 2.75) is 18.4 Å². The van der Waals surface area contributed by atoms with Crippen LogP contribution >= 0.6 is 15.9 Å². The van der Waals surface area contributed by atoms with Crippen LogP contribution in [0.3, 0.4) is 0 Å². The number of carbonyl (C=O) groups is 1. The molecule has 0 atom stereocenters. The first-order valence-electron chi connectivity index (χ1n) is 12.3. The van der Waals surface area contributed by atoms with Crippen molar-refractivity contribution >= 4 is 43.8 Å². The molecule has 40 heavy (non-hydrogen) atoms. The summed E-state index contributed by atoms with van der Waals surface area (Å²) >= 11 is 3.34. The molecule has 0 aliphatic heterocycles. The van der Waals surface area contributed by atoms with Gasteiger partial charge in [-0.1, -0.05) is 60.2 Å². The molecule has 1 N–H and O–H groups in total. The Bertz CT molecular complexity index is 1590. The van der Waals surface area contributed by atoms with Crippen molar-refractivity contribution in [2.75, 3.05) is 18.0 Å². The van der Waals surface area contributed by atoms with Gasteiger partial charge in [0.05, 0.1) is 28.4 Å². The fraction of sp³-hybridized carbons (Fsp3) is 0.133. The van der Waals surface area contributed by atoms with Gasteiger partial charge in [-0.05, 0) is 70.9 Å². The molecular weight excluding hydrogens is 594 g/mol. The number of nitrogens with zero attached hydrogens (tertiary/aromatic N) is 2. The molecule has 8 nitrogen and oxygen atoms in total. The second-order valence-corrected chi connectivity index (χ2v) is 11.5. The lowest BCUT2D eigenvalue weighted by molar-refractivity contribution is -0.119. The monoisotopic (exact) mass is 621 g/mol. The third-order valence-electron chi connectivity index (χ3n) is 5.87. The molecule has 0 aromatic heterocycles. The molecule has 0 aliphatic carbocycles. The third kappa shape index (κ3) is 7.28. The van der Waals surface area contributed by atoms with E-state index >= 15 is 0 Å². The number of para-hydroxylation sites is 1. The number of hydrogen-bond donors (Lipinski definition) is 1. The number of hydrogen-bond acceptors (Lipinski definition) is 6. The molecule has 0 aliphatic rings. The van der Waals surface area contributed by atoms with Gasteiger partial charge in [-0.25, -0.2) is 13.8 Å². The number of aryl methyl sites for hydroxylation is 1. The van der Waals surface area contributed by atoms with Crippen LogP contribution in [-0.2, 0) is 21.4 Å². The molecule has 4 rings (SSSR count). The number of rotatable bonds is 11. The normalized spacial score (nSPS) is 11.3. The average molecular weight is 623 g/mol. The zero-order valence-electron chi connectivity index (χ0n) is 22.0. The number of ether oxygens (including phenoxy) is 2. The molecule has 0 saturated heterocycles. The van der Waals surface area contributed by atoms with Gasteiger partial charge in [0, 0.05) is 5.56 Å². The fourth-order valence-electron chi connectivity index (χ4n) is 3.75. The van der Waals surface area contributed by atoms with Gasteiger partial charge in [0.2, 0.25) is 0 Å². The van der Waals surface area contributed by atoms with Crippen LogP contribution in [0.5, 0.6) is 11.5 Å². The van der Waals surface area contributed by atoms with Crippen LogP contribution < -0.4 is 19.2 Å². The summed E-state index contributed by atoms with van der Waals surface area (Å²) in [5.74, 6) is 0.468. The standard InChI is InChI=1S/C30H28BrN3O5S/c1-22-12-14-25(15-13-22)34(40(36,37)26-16-17-29(38-2)27(31)18-26)20-30(35)33-32-19-24-10-6-7-11-28(24)39-21-23-8-4-3-5-9-23/h3-19H,20-21H2,1-2H3,(H,33,35)/b32-19-. The topological polar surface area (TPSA) is 97.3 Å². The van der Waals surface area contributed by atoms with E-state index in [-0.39, 0.29) is 4.90 Å². The third-order valence-corrected chi connectivity index (χ3v) is 8.26. The number of hydrazone groups is 1. The molecular formula is C30H28BrN3O5S. The Morgan fingerprint density at radius 1 is 0.950 bits per heavy atom. The van der Waals surface area contributed by atoms with E-state index in [1.807, 2.05) is 55.5 Å². The molecule has 0 heterocycles. The van der Waals surface area contributed by atoms with Crippen LogP contribution in [0.2, 0.25) is 0 Å². The number of sulfonamides is 1. The first-order chi connectivity index (χ1) is 19.3. The molecule has 0 radical (unpaired) electrons. The number of halogens is 1. The van der Waals surface area contributed by atoms with Gasteiger partial charge < -0.3 is 9.47 Å². The van der Waals surface area contributed by atoms with E-state index in [0.717, 1.165) is 15.4 Å². The van der Waals surface area contributed by atoms with Crippen molar-refractivity contribution in [3.05, 3.63) is 118 Å².